The molecule has 0 N–H and O–H groups in total. The molecule has 6 nitrogen and oxygen atoms in total. The average Bonchev–Trinajstić information content (AvgIpc) is 2.48. The number of hydrogen-bond donors (Lipinski definition) is 0. The van der Waals surface area contributed by atoms with Crippen LogP contribution in [0.1, 0.15) is 12.0 Å². The van der Waals surface area contributed by atoms with Gasteiger partial charge in [-0.1, -0.05) is 18.2 Å². The first kappa shape index (κ1) is 14.5. The molecule has 6 heteroatoms. The summed E-state index contributed by atoms with van der Waals surface area (Å²) in [6.45, 7) is 2.02. The topological polar surface area (TPSA) is 83.1 Å². The first-order chi connectivity index (χ1) is 10.1. The van der Waals surface area contributed by atoms with E-state index in [0.29, 0.717) is 12.1 Å². The van der Waals surface area contributed by atoms with Crippen LogP contribution in [-0.2, 0) is 0 Å². The summed E-state index contributed by atoms with van der Waals surface area (Å²) in [6.07, 6.45) is 1.79. The summed E-state index contributed by atoms with van der Waals surface area (Å²) in [5, 5.41) is 20.1. The van der Waals surface area contributed by atoms with E-state index in [1.807, 2.05) is 30.3 Å². The van der Waals surface area contributed by atoms with Gasteiger partial charge in [-0.3, -0.25) is 10.1 Å². The predicted molar refractivity (Wildman–Crippen MR) is 79.3 cm³/mol. The van der Waals surface area contributed by atoms with Gasteiger partial charge in [0.1, 0.15) is 0 Å². The standard InChI is InChI=1S/C15H14N4O2/c1-12-8-10-17-15(14(12)19(20)21)18(11-5-9-16)13-6-3-2-4-7-13/h2-4,6-8,10H,5,11H2,1H3. The second kappa shape index (κ2) is 6.48. The molecule has 1 heterocycles. The fourth-order valence-electron chi connectivity index (χ4n) is 2.09. The number of hydrogen-bond acceptors (Lipinski definition) is 5. The smallest absolute Gasteiger partial charge is 0.314 e. The zero-order valence-electron chi connectivity index (χ0n) is 11.6. The van der Waals surface area contributed by atoms with E-state index in [1.165, 1.54) is 0 Å². The fourth-order valence-corrected chi connectivity index (χ4v) is 2.09. The van der Waals surface area contributed by atoms with Crippen LogP contribution in [0.2, 0.25) is 0 Å². The summed E-state index contributed by atoms with van der Waals surface area (Å²) in [5.41, 5.74) is 1.29. The Labute approximate surface area is 122 Å². The minimum atomic E-state index is -0.431. The van der Waals surface area contributed by atoms with E-state index in [9.17, 15) is 10.1 Å². The Kier molecular flexibility index (Phi) is 4.46. The van der Waals surface area contributed by atoms with E-state index in [0.717, 1.165) is 5.69 Å². The predicted octanol–water partition coefficient (Wildman–Crippen LogP) is 3.35. The van der Waals surface area contributed by atoms with Crippen molar-refractivity contribution in [2.75, 3.05) is 11.4 Å². The van der Waals surface area contributed by atoms with Gasteiger partial charge in [-0.15, -0.1) is 0 Å². The van der Waals surface area contributed by atoms with Gasteiger partial charge in [0.2, 0.25) is 5.82 Å². The van der Waals surface area contributed by atoms with Crippen LogP contribution in [0.4, 0.5) is 17.2 Å². The molecular formula is C15H14N4O2. The zero-order valence-corrected chi connectivity index (χ0v) is 11.6. The van der Waals surface area contributed by atoms with Crippen molar-refractivity contribution in [1.82, 2.24) is 4.98 Å². The number of para-hydroxylation sites is 1. The summed E-state index contributed by atoms with van der Waals surface area (Å²) in [7, 11) is 0. The van der Waals surface area contributed by atoms with Gasteiger partial charge in [-0.25, -0.2) is 4.98 Å². The summed E-state index contributed by atoms with van der Waals surface area (Å²) < 4.78 is 0. The Morgan fingerprint density at radius 2 is 2.05 bits per heavy atom. The monoisotopic (exact) mass is 282 g/mol. The van der Waals surface area contributed by atoms with Crippen molar-refractivity contribution in [3.63, 3.8) is 0 Å². The van der Waals surface area contributed by atoms with Crippen molar-refractivity contribution < 1.29 is 4.92 Å². The lowest BCUT2D eigenvalue weighted by atomic mass is 10.2. The Balaban J connectivity index is 2.55. The van der Waals surface area contributed by atoms with Gasteiger partial charge in [-0.05, 0) is 25.1 Å². The molecule has 0 aliphatic heterocycles. The number of aryl methyl sites for hydroxylation is 1. The molecule has 0 saturated heterocycles. The third kappa shape index (κ3) is 3.15. The zero-order chi connectivity index (χ0) is 15.2. The SMILES string of the molecule is Cc1ccnc(N(CCC#N)c2ccccc2)c1[N+](=O)[O-]. The highest BCUT2D eigenvalue weighted by Crippen LogP contribution is 2.33. The number of anilines is 2. The largest absolute Gasteiger partial charge is 0.320 e. The van der Waals surface area contributed by atoms with Crippen LogP contribution in [0.3, 0.4) is 0 Å². The van der Waals surface area contributed by atoms with Gasteiger partial charge >= 0.3 is 5.69 Å². The molecule has 0 aliphatic rings. The minimum absolute atomic E-state index is 0.0284. The van der Waals surface area contributed by atoms with Gasteiger partial charge in [0.25, 0.3) is 0 Å². The van der Waals surface area contributed by atoms with Crippen molar-refractivity contribution in [3.8, 4) is 6.07 Å². The third-order valence-electron chi connectivity index (χ3n) is 3.06. The molecule has 2 rings (SSSR count). The Morgan fingerprint density at radius 3 is 2.67 bits per heavy atom. The van der Waals surface area contributed by atoms with Gasteiger partial charge in [0.15, 0.2) is 0 Å². The fraction of sp³-hybridized carbons (Fsp3) is 0.200. The maximum atomic E-state index is 11.3. The molecule has 21 heavy (non-hydrogen) atoms. The van der Waals surface area contributed by atoms with E-state index in [1.54, 1.807) is 24.1 Å². The molecule has 0 bridgehead atoms. The Bertz CT molecular complexity index is 680. The van der Waals surface area contributed by atoms with Gasteiger partial charge in [0, 0.05) is 24.0 Å². The summed E-state index contributed by atoms with van der Waals surface area (Å²) in [6, 6.07) is 12.9. The van der Waals surface area contributed by atoms with E-state index < -0.39 is 4.92 Å². The normalized spacial score (nSPS) is 9.90. The second-order valence-corrected chi connectivity index (χ2v) is 4.45. The molecular weight excluding hydrogens is 268 g/mol. The Morgan fingerprint density at radius 1 is 1.33 bits per heavy atom. The molecule has 0 amide bonds. The molecule has 0 spiro atoms. The Hall–Kier alpha value is -2.94. The lowest BCUT2D eigenvalue weighted by Crippen LogP contribution is -2.20. The molecule has 0 radical (unpaired) electrons. The maximum absolute atomic E-state index is 11.3. The first-order valence-corrected chi connectivity index (χ1v) is 6.44. The molecule has 0 saturated carbocycles. The number of benzene rings is 1. The number of nitro groups is 1. The highest BCUT2D eigenvalue weighted by molar-refractivity contribution is 5.70. The van der Waals surface area contributed by atoms with Crippen LogP contribution >= 0.6 is 0 Å². The highest BCUT2D eigenvalue weighted by atomic mass is 16.6. The molecule has 1 aromatic heterocycles. The summed E-state index contributed by atoms with van der Waals surface area (Å²) in [4.78, 5) is 16.8. The van der Waals surface area contributed by atoms with E-state index in [-0.39, 0.29) is 17.9 Å². The number of nitriles is 1. The molecule has 106 valence electrons. The molecule has 1 aromatic carbocycles. The number of aromatic nitrogens is 1. The molecule has 0 unspecified atom stereocenters. The van der Waals surface area contributed by atoms with Crippen molar-refractivity contribution in [3.05, 3.63) is 58.3 Å². The van der Waals surface area contributed by atoms with Gasteiger partial charge in [-0.2, -0.15) is 5.26 Å². The van der Waals surface area contributed by atoms with E-state index in [2.05, 4.69) is 11.1 Å². The molecule has 0 atom stereocenters. The van der Waals surface area contributed by atoms with Crippen LogP contribution in [0.25, 0.3) is 0 Å². The molecule has 0 aliphatic carbocycles. The van der Waals surface area contributed by atoms with E-state index >= 15 is 0 Å². The lowest BCUT2D eigenvalue weighted by Gasteiger charge is -2.22. The average molecular weight is 282 g/mol. The highest BCUT2D eigenvalue weighted by Gasteiger charge is 2.24. The van der Waals surface area contributed by atoms with Crippen LogP contribution < -0.4 is 4.90 Å². The van der Waals surface area contributed by atoms with Gasteiger partial charge < -0.3 is 4.90 Å². The summed E-state index contributed by atoms with van der Waals surface area (Å²) >= 11 is 0. The van der Waals surface area contributed by atoms with Crippen LogP contribution in [-0.4, -0.2) is 16.5 Å². The van der Waals surface area contributed by atoms with E-state index in [4.69, 9.17) is 5.26 Å². The van der Waals surface area contributed by atoms with Crippen molar-refractivity contribution >= 4 is 17.2 Å². The second-order valence-electron chi connectivity index (χ2n) is 4.45. The van der Waals surface area contributed by atoms with Crippen LogP contribution in [0.5, 0.6) is 0 Å². The van der Waals surface area contributed by atoms with Crippen molar-refractivity contribution in [1.29, 1.82) is 5.26 Å². The maximum Gasteiger partial charge on any atom is 0.314 e. The quantitative estimate of drug-likeness (QED) is 0.620. The first-order valence-electron chi connectivity index (χ1n) is 6.44. The van der Waals surface area contributed by atoms with Crippen molar-refractivity contribution in [2.24, 2.45) is 0 Å². The number of nitrogens with zero attached hydrogens (tertiary/aromatic N) is 4. The number of rotatable bonds is 5. The van der Waals surface area contributed by atoms with Crippen molar-refractivity contribution in [2.45, 2.75) is 13.3 Å². The minimum Gasteiger partial charge on any atom is -0.320 e. The molecule has 2 aromatic rings. The lowest BCUT2D eigenvalue weighted by molar-refractivity contribution is -0.384. The van der Waals surface area contributed by atoms with Gasteiger partial charge in [0.05, 0.1) is 17.4 Å². The number of pyridine rings is 1. The summed E-state index contributed by atoms with van der Waals surface area (Å²) in [5.74, 6) is 0.265. The third-order valence-corrected chi connectivity index (χ3v) is 3.06. The van der Waals surface area contributed by atoms with Crippen LogP contribution in [0.15, 0.2) is 42.6 Å². The van der Waals surface area contributed by atoms with Crippen LogP contribution in [0, 0.1) is 28.4 Å². The molecule has 0 fully saturated rings.